The van der Waals surface area contributed by atoms with Crippen molar-refractivity contribution in [3.05, 3.63) is 70.8 Å². The molecular weight excluding hydrogens is 645 g/mol. The van der Waals surface area contributed by atoms with Gasteiger partial charge in [0.15, 0.2) is 0 Å². The van der Waals surface area contributed by atoms with Gasteiger partial charge < -0.3 is 10.2 Å². The fourth-order valence-corrected chi connectivity index (χ4v) is 8.02. The Morgan fingerprint density at radius 1 is 0.585 bits per heavy atom. The molecule has 0 aliphatic heterocycles. The quantitative estimate of drug-likeness (QED) is 0.0676. The lowest BCUT2D eigenvalue weighted by atomic mass is 9.91. The van der Waals surface area contributed by atoms with E-state index in [1.807, 2.05) is 31.2 Å². The number of hydrogen-bond acceptors (Lipinski definition) is 2. The van der Waals surface area contributed by atoms with Crippen molar-refractivity contribution in [3.8, 4) is 11.5 Å². The number of hydrogen-bond donors (Lipinski definition) is 2. The number of rotatable bonds is 28. The summed E-state index contributed by atoms with van der Waals surface area (Å²) in [5.74, 6) is 5.20. The van der Waals surface area contributed by atoms with Crippen molar-refractivity contribution in [2.24, 2.45) is 35.5 Å². The van der Waals surface area contributed by atoms with Gasteiger partial charge in [0.05, 0.1) is 0 Å². The molecule has 5 atom stereocenters. The van der Waals surface area contributed by atoms with Gasteiger partial charge in [0.2, 0.25) is 0 Å². The summed E-state index contributed by atoms with van der Waals surface area (Å²) in [5.41, 5.74) is 4.84. The van der Waals surface area contributed by atoms with E-state index in [0.717, 1.165) is 71.3 Å². The molecule has 5 unspecified atom stereocenters. The minimum absolute atomic E-state index is 0.305. The summed E-state index contributed by atoms with van der Waals surface area (Å²) in [6.07, 6.45) is 33.8. The topological polar surface area (TPSA) is 40.5 Å². The molecule has 2 heteroatoms. The smallest absolute Gasteiger partial charge is 0.127 e. The van der Waals surface area contributed by atoms with Crippen molar-refractivity contribution >= 4 is 10.8 Å². The second kappa shape index (κ2) is 26.3. The van der Waals surface area contributed by atoms with E-state index in [1.54, 1.807) is 5.57 Å². The summed E-state index contributed by atoms with van der Waals surface area (Å²) in [4.78, 5) is 0. The summed E-state index contributed by atoms with van der Waals surface area (Å²) in [6, 6.07) is 7.59. The zero-order valence-corrected chi connectivity index (χ0v) is 36.4. The van der Waals surface area contributed by atoms with Gasteiger partial charge in [0.1, 0.15) is 11.5 Å². The third-order valence-corrected chi connectivity index (χ3v) is 12.1. The monoisotopic (exact) mass is 729 g/mol. The van der Waals surface area contributed by atoms with Crippen LogP contribution in [0.15, 0.2) is 59.7 Å². The minimum atomic E-state index is 0.305. The number of benzene rings is 2. The molecular formula is C51H84O2. The number of fused-ring (bicyclic) bond motifs is 1. The molecule has 2 nitrogen and oxygen atoms in total. The molecule has 0 aromatic heterocycles. The largest absolute Gasteiger partial charge is 0.507 e. The van der Waals surface area contributed by atoms with Gasteiger partial charge in [0.25, 0.3) is 0 Å². The fraction of sp³-hybridized carbons (Fsp3) is 0.686. The Morgan fingerprint density at radius 3 is 1.64 bits per heavy atom. The van der Waals surface area contributed by atoms with E-state index in [1.165, 1.54) is 102 Å². The molecule has 0 amide bonds. The van der Waals surface area contributed by atoms with Crippen LogP contribution in [-0.4, -0.2) is 10.2 Å². The molecule has 2 N–H and O–H groups in total. The molecule has 0 bridgehead atoms. The summed E-state index contributed by atoms with van der Waals surface area (Å²) >= 11 is 0. The van der Waals surface area contributed by atoms with Crippen LogP contribution in [0.2, 0.25) is 0 Å². The number of phenols is 2. The third-order valence-electron chi connectivity index (χ3n) is 12.1. The molecule has 0 spiro atoms. The van der Waals surface area contributed by atoms with Gasteiger partial charge in [-0.25, -0.2) is 0 Å². The number of aromatic hydroxyl groups is 2. The molecule has 0 saturated carbocycles. The maximum Gasteiger partial charge on any atom is 0.127 e. The van der Waals surface area contributed by atoms with E-state index >= 15 is 0 Å². The average molecular weight is 729 g/mol. The highest BCUT2D eigenvalue weighted by Gasteiger charge is 2.16. The Hall–Kier alpha value is -2.48. The molecule has 2 aromatic carbocycles. The molecule has 0 saturated heterocycles. The van der Waals surface area contributed by atoms with Crippen LogP contribution in [-0.2, 0) is 6.42 Å². The predicted octanol–water partition coefficient (Wildman–Crippen LogP) is 16.4. The van der Waals surface area contributed by atoms with Crippen molar-refractivity contribution in [1.29, 1.82) is 0 Å². The zero-order chi connectivity index (χ0) is 39.2. The summed E-state index contributed by atoms with van der Waals surface area (Å²) in [5, 5.41) is 23.1. The predicted molar refractivity (Wildman–Crippen MR) is 236 cm³/mol. The first-order valence-corrected chi connectivity index (χ1v) is 22.2. The SMILES string of the molecule is C/C(=C\CCC(C)C/C=C/C(C)CCCC(C)CCC/C(C)=C/CCC(C)CCc1c(C)c(O)c2ccccc2c1O)CCCC(C)CCCC(C)C. The van der Waals surface area contributed by atoms with Crippen LogP contribution in [0.5, 0.6) is 11.5 Å². The van der Waals surface area contributed by atoms with Crippen LogP contribution in [0, 0.1) is 42.4 Å². The van der Waals surface area contributed by atoms with Gasteiger partial charge in [-0.2, -0.15) is 0 Å². The number of allylic oxidation sites excluding steroid dienone is 6. The Bertz CT molecular complexity index is 1380. The second-order valence-corrected chi connectivity index (χ2v) is 18.2. The Balaban J connectivity index is 1.52. The standard InChI is InChI=1S/C51H84O2/c1-38(2)20-13-21-39(3)22-14-23-40(4)24-15-25-41(5)26-16-27-42(6)28-17-29-43(7)30-18-31-44(8)32-19-33-45(9)36-37-47-46(10)50(52)48-34-11-12-35-49(48)51(47)53/h11-12,16,24,27,32,34-35,38-39,41-43,45,52-53H,13-15,17-23,25-26,28-31,33,36-37H2,1-10H3/b27-16+,40-24+,44-32+. The first kappa shape index (κ1) is 46.7. The van der Waals surface area contributed by atoms with Crippen LogP contribution in [0.25, 0.3) is 10.8 Å². The van der Waals surface area contributed by atoms with E-state index in [0.29, 0.717) is 23.3 Å². The van der Waals surface area contributed by atoms with Crippen LogP contribution < -0.4 is 0 Å². The highest BCUT2D eigenvalue weighted by Crippen LogP contribution is 2.40. The Morgan fingerprint density at radius 2 is 1.08 bits per heavy atom. The molecule has 0 aliphatic carbocycles. The maximum absolute atomic E-state index is 10.9. The van der Waals surface area contributed by atoms with Gasteiger partial charge >= 0.3 is 0 Å². The summed E-state index contributed by atoms with van der Waals surface area (Å²) in [6.45, 7) is 23.3. The molecule has 53 heavy (non-hydrogen) atoms. The normalized spacial score (nSPS) is 15.8. The zero-order valence-electron chi connectivity index (χ0n) is 36.4. The Labute approximate surface area is 329 Å². The van der Waals surface area contributed by atoms with E-state index in [-0.39, 0.29) is 0 Å². The lowest BCUT2D eigenvalue weighted by Gasteiger charge is -2.16. The molecule has 0 radical (unpaired) electrons. The molecule has 0 aliphatic rings. The Kier molecular flexibility index (Phi) is 23.2. The summed E-state index contributed by atoms with van der Waals surface area (Å²) < 4.78 is 0. The van der Waals surface area contributed by atoms with E-state index in [2.05, 4.69) is 86.6 Å². The van der Waals surface area contributed by atoms with E-state index in [4.69, 9.17) is 0 Å². The highest BCUT2D eigenvalue weighted by atomic mass is 16.3. The van der Waals surface area contributed by atoms with Gasteiger partial charge in [-0.1, -0.05) is 153 Å². The van der Waals surface area contributed by atoms with Gasteiger partial charge in [-0.15, -0.1) is 0 Å². The molecule has 0 heterocycles. The van der Waals surface area contributed by atoms with Gasteiger partial charge in [-0.3, -0.25) is 0 Å². The van der Waals surface area contributed by atoms with E-state index in [9.17, 15) is 10.2 Å². The average Bonchev–Trinajstić information content (AvgIpc) is 3.10. The van der Waals surface area contributed by atoms with Crippen molar-refractivity contribution < 1.29 is 10.2 Å². The number of phenolic OH excluding ortho intramolecular Hbond substituents is 2. The molecule has 300 valence electrons. The van der Waals surface area contributed by atoms with Crippen LogP contribution in [0.3, 0.4) is 0 Å². The van der Waals surface area contributed by atoms with Gasteiger partial charge in [0, 0.05) is 16.3 Å². The van der Waals surface area contributed by atoms with Crippen LogP contribution in [0.4, 0.5) is 0 Å². The van der Waals surface area contributed by atoms with E-state index < -0.39 is 0 Å². The minimum Gasteiger partial charge on any atom is -0.507 e. The lowest BCUT2D eigenvalue weighted by molar-refractivity contribution is 0.427. The molecule has 2 rings (SSSR count). The highest BCUT2D eigenvalue weighted by molar-refractivity contribution is 5.95. The van der Waals surface area contributed by atoms with Crippen molar-refractivity contribution in [3.63, 3.8) is 0 Å². The molecule has 0 fully saturated rings. The van der Waals surface area contributed by atoms with Crippen molar-refractivity contribution in [2.45, 2.75) is 191 Å². The second-order valence-electron chi connectivity index (χ2n) is 18.2. The fourth-order valence-electron chi connectivity index (χ4n) is 8.02. The van der Waals surface area contributed by atoms with Crippen LogP contribution >= 0.6 is 0 Å². The van der Waals surface area contributed by atoms with Crippen molar-refractivity contribution in [2.75, 3.05) is 0 Å². The van der Waals surface area contributed by atoms with Crippen LogP contribution in [0.1, 0.15) is 189 Å². The summed E-state index contributed by atoms with van der Waals surface area (Å²) in [7, 11) is 0. The van der Waals surface area contributed by atoms with Crippen molar-refractivity contribution in [1.82, 2.24) is 0 Å². The van der Waals surface area contributed by atoms with Gasteiger partial charge in [-0.05, 0) is 139 Å². The lowest BCUT2D eigenvalue weighted by Crippen LogP contribution is -2.00. The first-order valence-electron chi connectivity index (χ1n) is 22.2. The third kappa shape index (κ3) is 19.6. The first-order chi connectivity index (χ1) is 25.3. The maximum atomic E-state index is 10.9. The molecule has 2 aromatic rings.